The molecule has 0 bridgehead atoms. The predicted molar refractivity (Wildman–Crippen MR) is 115 cm³/mol. The molecule has 4 rings (SSSR count). The van der Waals surface area contributed by atoms with E-state index in [0.717, 1.165) is 25.2 Å². The van der Waals surface area contributed by atoms with Crippen molar-refractivity contribution in [2.75, 3.05) is 43.4 Å². The highest BCUT2D eigenvalue weighted by Crippen LogP contribution is 2.30. The van der Waals surface area contributed by atoms with E-state index in [1.165, 1.54) is 30.3 Å². The molecule has 1 fully saturated rings. The van der Waals surface area contributed by atoms with Crippen molar-refractivity contribution < 1.29 is 18.1 Å². The second kappa shape index (κ2) is 8.58. The molecule has 32 heavy (non-hydrogen) atoms. The minimum absolute atomic E-state index is 0.0680. The number of non-ortho nitro benzene ring substituents is 1. The van der Waals surface area contributed by atoms with Gasteiger partial charge in [-0.3, -0.25) is 10.1 Å². The Labute approximate surface area is 181 Å². The van der Waals surface area contributed by atoms with Crippen molar-refractivity contribution in [2.45, 2.75) is 12.7 Å². The van der Waals surface area contributed by atoms with Gasteiger partial charge in [0.05, 0.1) is 21.5 Å². The molecule has 1 aliphatic rings. The molecule has 0 amide bonds. The first-order valence-electron chi connectivity index (χ1n) is 10.0. The summed E-state index contributed by atoms with van der Waals surface area (Å²) in [6.07, 6.45) is -4.38. The molecule has 2 heterocycles. The Morgan fingerprint density at radius 2 is 1.72 bits per heavy atom. The third-order valence-electron chi connectivity index (χ3n) is 5.38. The fraction of sp³-hybridized carbons (Fsp3) is 0.333. The lowest BCUT2D eigenvalue weighted by Crippen LogP contribution is -2.45. The van der Waals surface area contributed by atoms with Gasteiger partial charge in [-0.1, -0.05) is 12.1 Å². The normalized spacial score (nSPS) is 15.2. The highest BCUT2D eigenvalue weighted by molar-refractivity contribution is 5.82. The number of alkyl halides is 3. The van der Waals surface area contributed by atoms with E-state index in [1.807, 2.05) is 7.05 Å². The molecule has 1 aliphatic heterocycles. The van der Waals surface area contributed by atoms with Crippen LogP contribution in [-0.4, -0.2) is 53.0 Å². The van der Waals surface area contributed by atoms with Crippen molar-refractivity contribution in [1.29, 1.82) is 0 Å². The van der Waals surface area contributed by atoms with Crippen LogP contribution in [0.2, 0.25) is 0 Å². The summed E-state index contributed by atoms with van der Waals surface area (Å²) in [6, 6.07) is 9.23. The number of anilines is 2. The first-order chi connectivity index (χ1) is 15.2. The number of piperazine rings is 1. The maximum atomic E-state index is 12.8. The third-order valence-corrected chi connectivity index (χ3v) is 5.38. The molecule has 168 valence electrons. The summed E-state index contributed by atoms with van der Waals surface area (Å²) in [4.78, 5) is 24.2. The van der Waals surface area contributed by atoms with Gasteiger partial charge in [-0.25, -0.2) is 9.97 Å². The summed E-state index contributed by atoms with van der Waals surface area (Å²) < 4.78 is 38.4. The highest BCUT2D eigenvalue weighted by Gasteiger charge is 2.30. The minimum atomic E-state index is -4.38. The van der Waals surface area contributed by atoms with Crippen LogP contribution < -0.4 is 10.2 Å². The number of nitrogens with one attached hydrogen (secondary N) is 1. The zero-order valence-electron chi connectivity index (χ0n) is 17.3. The molecule has 3 aromatic rings. The largest absolute Gasteiger partial charge is 0.416 e. The van der Waals surface area contributed by atoms with Gasteiger partial charge in [0.2, 0.25) is 0 Å². The van der Waals surface area contributed by atoms with Crippen molar-refractivity contribution in [3.05, 3.63) is 63.7 Å². The number of halogens is 3. The van der Waals surface area contributed by atoms with Gasteiger partial charge >= 0.3 is 6.18 Å². The molecular weight excluding hydrogens is 425 g/mol. The molecule has 11 heteroatoms. The van der Waals surface area contributed by atoms with Gasteiger partial charge in [0.25, 0.3) is 5.69 Å². The standard InChI is InChI=1S/C21H21F3N6O2/c1-28-8-10-29(11-9-28)20-19(25-13-14-2-4-15(5-3-14)21(22,23)24)26-17-7-6-16(30(31)32)12-18(17)27-20/h2-7,12H,8-11,13H2,1H3,(H,25,26). The third kappa shape index (κ3) is 4.72. The van der Waals surface area contributed by atoms with Gasteiger partial charge in [-0.2, -0.15) is 13.2 Å². The molecule has 1 N–H and O–H groups in total. The Bertz CT molecular complexity index is 1130. The number of nitro groups is 1. The van der Waals surface area contributed by atoms with Gasteiger partial charge in [0.1, 0.15) is 0 Å². The summed E-state index contributed by atoms with van der Waals surface area (Å²) in [7, 11) is 2.02. The number of hydrogen-bond acceptors (Lipinski definition) is 7. The molecule has 0 unspecified atom stereocenters. The Balaban J connectivity index is 1.64. The van der Waals surface area contributed by atoms with E-state index < -0.39 is 16.7 Å². The maximum absolute atomic E-state index is 12.8. The minimum Gasteiger partial charge on any atom is -0.363 e. The van der Waals surface area contributed by atoms with Crippen LogP contribution in [-0.2, 0) is 12.7 Å². The van der Waals surface area contributed by atoms with E-state index in [1.54, 1.807) is 0 Å². The van der Waals surface area contributed by atoms with Crippen molar-refractivity contribution in [1.82, 2.24) is 14.9 Å². The zero-order valence-corrected chi connectivity index (χ0v) is 17.3. The van der Waals surface area contributed by atoms with Gasteiger partial charge < -0.3 is 15.1 Å². The Morgan fingerprint density at radius 3 is 2.34 bits per heavy atom. The van der Waals surface area contributed by atoms with Gasteiger partial charge in [0.15, 0.2) is 11.6 Å². The summed E-state index contributed by atoms with van der Waals surface area (Å²) in [5.41, 5.74) is 0.789. The van der Waals surface area contributed by atoms with Crippen LogP contribution in [0, 0.1) is 10.1 Å². The topological polar surface area (TPSA) is 87.4 Å². The summed E-state index contributed by atoms with van der Waals surface area (Å²) in [5.74, 6) is 1.05. The molecule has 0 atom stereocenters. The molecule has 1 aromatic heterocycles. The van der Waals surface area contributed by atoms with Crippen LogP contribution in [0.15, 0.2) is 42.5 Å². The van der Waals surface area contributed by atoms with Crippen molar-refractivity contribution >= 4 is 28.4 Å². The van der Waals surface area contributed by atoms with Crippen molar-refractivity contribution in [2.24, 2.45) is 0 Å². The van der Waals surface area contributed by atoms with Crippen LogP contribution in [0.4, 0.5) is 30.5 Å². The molecule has 0 spiro atoms. The number of benzene rings is 2. The second-order valence-corrected chi connectivity index (χ2v) is 7.66. The molecule has 0 saturated carbocycles. The monoisotopic (exact) mass is 446 g/mol. The smallest absolute Gasteiger partial charge is 0.363 e. The van der Waals surface area contributed by atoms with Crippen molar-refractivity contribution in [3.8, 4) is 0 Å². The summed E-state index contributed by atoms with van der Waals surface area (Å²) in [5, 5.41) is 14.3. The summed E-state index contributed by atoms with van der Waals surface area (Å²) >= 11 is 0. The molecule has 8 nitrogen and oxygen atoms in total. The van der Waals surface area contributed by atoms with Crippen LogP contribution in [0.1, 0.15) is 11.1 Å². The van der Waals surface area contributed by atoms with Gasteiger partial charge in [-0.15, -0.1) is 0 Å². The van der Waals surface area contributed by atoms with E-state index in [-0.39, 0.29) is 12.2 Å². The SMILES string of the molecule is CN1CCN(c2nc3cc([N+](=O)[O-])ccc3nc2NCc2ccc(C(F)(F)F)cc2)CC1. The molecule has 0 radical (unpaired) electrons. The highest BCUT2D eigenvalue weighted by atomic mass is 19.4. The average Bonchev–Trinajstić information content (AvgIpc) is 2.77. The first kappa shape index (κ1) is 21.8. The van der Waals surface area contributed by atoms with Crippen LogP contribution in [0.3, 0.4) is 0 Å². The maximum Gasteiger partial charge on any atom is 0.416 e. The van der Waals surface area contributed by atoms with Crippen LogP contribution in [0.25, 0.3) is 11.0 Å². The average molecular weight is 446 g/mol. The second-order valence-electron chi connectivity index (χ2n) is 7.66. The van der Waals surface area contributed by atoms with E-state index in [0.29, 0.717) is 41.3 Å². The lowest BCUT2D eigenvalue weighted by Gasteiger charge is -2.34. The molecule has 0 aliphatic carbocycles. The lowest BCUT2D eigenvalue weighted by atomic mass is 10.1. The van der Waals surface area contributed by atoms with E-state index in [2.05, 4.69) is 25.1 Å². The predicted octanol–water partition coefficient (Wildman–Crippen LogP) is 3.92. The molecule has 2 aromatic carbocycles. The fourth-order valence-corrected chi connectivity index (χ4v) is 3.50. The lowest BCUT2D eigenvalue weighted by molar-refractivity contribution is -0.384. The Morgan fingerprint density at radius 1 is 1.03 bits per heavy atom. The molecular formula is C21H21F3N6O2. The van der Waals surface area contributed by atoms with Crippen LogP contribution in [0.5, 0.6) is 0 Å². The summed E-state index contributed by atoms with van der Waals surface area (Å²) in [6.45, 7) is 3.33. The Hall–Kier alpha value is -3.47. The number of nitrogens with zero attached hydrogens (tertiary/aromatic N) is 5. The zero-order chi connectivity index (χ0) is 22.9. The number of rotatable bonds is 5. The van der Waals surface area contributed by atoms with E-state index >= 15 is 0 Å². The first-order valence-corrected chi connectivity index (χ1v) is 10.0. The van der Waals surface area contributed by atoms with E-state index in [9.17, 15) is 23.3 Å². The number of hydrogen-bond donors (Lipinski definition) is 1. The number of fused-ring (bicyclic) bond motifs is 1. The van der Waals surface area contributed by atoms with Crippen molar-refractivity contribution in [3.63, 3.8) is 0 Å². The van der Waals surface area contributed by atoms with Crippen LogP contribution >= 0.6 is 0 Å². The van der Waals surface area contributed by atoms with Gasteiger partial charge in [-0.05, 0) is 30.8 Å². The molecule has 1 saturated heterocycles. The number of aromatic nitrogens is 2. The Kier molecular flexibility index (Phi) is 5.83. The quantitative estimate of drug-likeness (QED) is 0.470. The number of nitro benzene ring substituents is 1. The van der Waals surface area contributed by atoms with Gasteiger partial charge in [0, 0.05) is 44.9 Å². The van der Waals surface area contributed by atoms with E-state index in [4.69, 9.17) is 0 Å². The number of likely N-dealkylation sites (N-methyl/N-ethyl adjacent to an activating group) is 1. The fourth-order valence-electron chi connectivity index (χ4n) is 3.50.